The fraction of sp³-hybridized carbons (Fsp3) is 0.800. The summed E-state index contributed by atoms with van der Waals surface area (Å²) < 4.78 is 5.12. The molecule has 1 saturated heterocycles. The molecule has 1 aromatic rings. The zero-order chi connectivity index (χ0) is 13.7. The standard InChI is InChI=1S/C15H27N3O/c1-12(2)9-16-10-14-4-6-18(7-5-14)11-15-8-13(3)19-17-15/h8,12,14,16H,4-7,9-11H2,1-3H3. The highest BCUT2D eigenvalue weighted by molar-refractivity contribution is 5.03. The van der Waals surface area contributed by atoms with Crippen molar-refractivity contribution in [2.24, 2.45) is 11.8 Å². The highest BCUT2D eigenvalue weighted by Crippen LogP contribution is 2.18. The molecule has 0 aliphatic carbocycles. The van der Waals surface area contributed by atoms with Gasteiger partial charge in [0, 0.05) is 12.6 Å². The zero-order valence-corrected chi connectivity index (χ0v) is 12.5. The van der Waals surface area contributed by atoms with Crippen LogP contribution >= 0.6 is 0 Å². The van der Waals surface area contributed by atoms with Crippen molar-refractivity contribution < 1.29 is 4.52 Å². The SMILES string of the molecule is Cc1cc(CN2CCC(CNCC(C)C)CC2)no1. The fourth-order valence-electron chi connectivity index (χ4n) is 2.65. The van der Waals surface area contributed by atoms with Gasteiger partial charge in [0.2, 0.25) is 0 Å². The van der Waals surface area contributed by atoms with Crippen LogP contribution in [0.5, 0.6) is 0 Å². The largest absolute Gasteiger partial charge is 0.361 e. The van der Waals surface area contributed by atoms with Crippen molar-refractivity contribution in [3.8, 4) is 0 Å². The first-order chi connectivity index (χ1) is 9.13. The summed E-state index contributed by atoms with van der Waals surface area (Å²) in [5.74, 6) is 2.49. The summed E-state index contributed by atoms with van der Waals surface area (Å²) in [4.78, 5) is 2.48. The van der Waals surface area contributed by atoms with E-state index in [0.29, 0.717) is 0 Å². The summed E-state index contributed by atoms with van der Waals surface area (Å²) in [7, 11) is 0. The van der Waals surface area contributed by atoms with E-state index in [1.807, 2.05) is 13.0 Å². The van der Waals surface area contributed by atoms with Crippen LogP contribution in [0.1, 0.15) is 38.1 Å². The molecule has 2 heterocycles. The van der Waals surface area contributed by atoms with E-state index in [-0.39, 0.29) is 0 Å². The maximum atomic E-state index is 5.12. The number of piperidine rings is 1. The van der Waals surface area contributed by atoms with Crippen molar-refractivity contribution in [2.75, 3.05) is 26.2 Å². The molecule has 1 aliphatic heterocycles. The summed E-state index contributed by atoms with van der Waals surface area (Å²) in [5, 5.41) is 7.65. The molecule has 0 atom stereocenters. The predicted octanol–water partition coefficient (Wildman–Crippen LogP) is 2.44. The first-order valence-corrected chi connectivity index (χ1v) is 7.48. The van der Waals surface area contributed by atoms with Crippen molar-refractivity contribution in [3.05, 3.63) is 17.5 Å². The molecule has 1 aliphatic rings. The molecule has 0 radical (unpaired) electrons. The number of nitrogens with one attached hydrogen (secondary N) is 1. The van der Waals surface area contributed by atoms with Gasteiger partial charge in [-0.05, 0) is 57.8 Å². The number of rotatable bonds is 6. The Hall–Kier alpha value is -0.870. The van der Waals surface area contributed by atoms with E-state index >= 15 is 0 Å². The molecule has 1 N–H and O–H groups in total. The van der Waals surface area contributed by atoms with E-state index in [1.54, 1.807) is 0 Å². The molecule has 0 unspecified atom stereocenters. The number of likely N-dealkylation sites (tertiary alicyclic amines) is 1. The minimum atomic E-state index is 0.746. The van der Waals surface area contributed by atoms with E-state index < -0.39 is 0 Å². The Morgan fingerprint density at radius 2 is 2.16 bits per heavy atom. The molecule has 0 saturated carbocycles. The van der Waals surface area contributed by atoms with Gasteiger partial charge in [0.25, 0.3) is 0 Å². The van der Waals surface area contributed by atoms with Crippen LogP contribution in [-0.4, -0.2) is 36.2 Å². The minimum Gasteiger partial charge on any atom is -0.361 e. The van der Waals surface area contributed by atoms with Crippen molar-refractivity contribution in [1.29, 1.82) is 0 Å². The van der Waals surface area contributed by atoms with Gasteiger partial charge in [-0.2, -0.15) is 0 Å². The van der Waals surface area contributed by atoms with E-state index in [1.165, 1.54) is 32.5 Å². The van der Waals surface area contributed by atoms with E-state index in [2.05, 4.69) is 29.2 Å². The highest BCUT2D eigenvalue weighted by atomic mass is 16.5. The number of hydrogen-bond acceptors (Lipinski definition) is 4. The molecular formula is C15H27N3O. The van der Waals surface area contributed by atoms with Crippen LogP contribution in [0.15, 0.2) is 10.6 Å². The number of aromatic nitrogens is 1. The monoisotopic (exact) mass is 265 g/mol. The molecule has 19 heavy (non-hydrogen) atoms. The van der Waals surface area contributed by atoms with Crippen LogP contribution in [0.3, 0.4) is 0 Å². The maximum absolute atomic E-state index is 5.12. The summed E-state index contributed by atoms with van der Waals surface area (Å²) in [6.07, 6.45) is 2.59. The van der Waals surface area contributed by atoms with Crippen molar-refractivity contribution in [3.63, 3.8) is 0 Å². The Kier molecular flexibility index (Phi) is 5.40. The Morgan fingerprint density at radius 1 is 1.42 bits per heavy atom. The quantitative estimate of drug-likeness (QED) is 0.858. The third kappa shape index (κ3) is 4.96. The van der Waals surface area contributed by atoms with Crippen molar-refractivity contribution in [1.82, 2.24) is 15.4 Å². The summed E-state index contributed by atoms with van der Waals surface area (Å²) in [6, 6.07) is 2.04. The van der Waals surface area contributed by atoms with Gasteiger partial charge in [-0.25, -0.2) is 0 Å². The zero-order valence-electron chi connectivity index (χ0n) is 12.5. The second-order valence-electron chi connectivity index (χ2n) is 6.20. The molecule has 0 spiro atoms. The topological polar surface area (TPSA) is 41.3 Å². The average molecular weight is 265 g/mol. The van der Waals surface area contributed by atoms with Crippen molar-refractivity contribution in [2.45, 2.75) is 40.2 Å². The molecular weight excluding hydrogens is 238 g/mol. The van der Waals surface area contributed by atoms with Gasteiger partial charge >= 0.3 is 0 Å². The first-order valence-electron chi connectivity index (χ1n) is 7.48. The van der Waals surface area contributed by atoms with Gasteiger partial charge in [-0.15, -0.1) is 0 Å². The second-order valence-corrected chi connectivity index (χ2v) is 6.20. The lowest BCUT2D eigenvalue weighted by atomic mass is 9.96. The molecule has 2 rings (SSSR count). The van der Waals surface area contributed by atoms with Gasteiger partial charge in [-0.3, -0.25) is 4.90 Å². The minimum absolute atomic E-state index is 0.746. The van der Waals surface area contributed by atoms with Gasteiger partial charge in [0.1, 0.15) is 5.76 Å². The van der Waals surface area contributed by atoms with Gasteiger partial charge in [-0.1, -0.05) is 19.0 Å². The Balaban J connectivity index is 1.65. The van der Waals surface area contributed by atoms with Crippen molar-refractivity contribution >= 4 is 0 Å². The van der Waals surface area contributed by atoms with Crippen LogP contribution in [0, 0.1) is 18.8 Å². The summed E-state index contributed by atoms with van der Waals surface area (Å²) in [6.45, 7) is 12.1. The van der Waals surface area contributed by atoms with Gasteiger partial charge in [0.15, 0.2) is 0 Å². The lowest BCUT2D eigenvalue weighted by Crippen LogP contribution is -2.37. The third-order valence-electron chi connectivity index (χ3n) is 3.76. The molecule has 108 valence electrons. The van der Waals surface area contributed by atoms with E-state index in [9.17, 15) is 0 Å². The van der Waals surface area contributed by atoms with Crippen LogP contribution in [0.4, 0.5) is 0 Å². The third-order valence-corrected chi connectivity index (χ3v) is 3.76. The average Bonchev–Trinajstić information content (AvgIpc) is 2.77. The van der Waals surface area contributed by atoms with Crippen LogP contribution in [0.25, 0.3) is 0 Å². The summed E-state index contributed by atoms with van der Waals surface area (Å²) >= 11 is 0. The smallest absolute Gasteiger partial charge is 0.133 e. The molecule has 0 amide bonds. The second kappa shape index (κ2) is 7.06. The highest BCUT2D eigenvalue weighted by Gasteiger charge is 2.19. The number of hydrogen-bond donors (Lipinski definition) is 1. The molecule has 4 nitrogen and oxygen atoms in total. The Labute approximate surface area is 116 Å². The lowest BCUT2D eigenvalue weighted by Gasteiger charge is -2.31. The fourth-order valence-corrected chi connectivity index (χ4v) is 2.65. The normalized spacial score (nSPS) is 18.3. The van der Waals surface area contributed by atoms with E-state index in [0.717, 1.165) is 36.4 Å². The Morgan fingerprint density at radius 3 is 2.74 bits per heavy atom. The molecule has 1 fully saturated rings. The molecule has 0 bridgehead atoms. The maximum Gasteiger partial charge on any atom is 0.133 e. The first kappa shape index (κ1) is 14.5. The number of aryl methyl sites for hydroxylation is 1. The molecule has 4 heteroatoms. The van der Waals surface area contributed by atoms with Crippen LogP contribution in [-0.2, 0) is 6.54 Å². The summed E-state index contributed by atoms with van der Waals surface area (Å²) in [5.41, 5.74) is 1.06. The number of nitrogens with zero attached hydrogens (tertiary/aromatic N) is 2. The van der Waals surface area contributed by atoms with E-state index in [4.69, 9.17) is 4.52 Å². The molecule has 0 aromatic carbocycles. The van der Waals surface area contributed by atoms with Crippen LogP contribution in [0.2, 0.25) is 0 Å². The van der Waals surface area contributed by atoms with Crippen LogP contribution < -0.4 is 5.32 Å². The lowest BCUT2D eigenvalue weighted by molar-refractivity contribution is 0.171. The Bertz CT molecular complexity index is 367. The predicted molar refractivity (Wildman–Crippen MR) is 76.9 cm³/mol. The molecule has 1 aromatic heterocycles. The van der Waals surface area contributed by atoms with Gasteiger partial charge < -0.3 is 9.84 Å². The van der Waals surface area contributed by atoms with Gasteiger partial charge in [0.05, 0.1) is 5.69 Å².